The first-order valence-corrected chi connectivity index (χ1v) is 8.93. The van der Waals surface area contributed by atoms with E-state index in [-0.39, 0.29) is 0 Å². The van der Waals surface area contributed by atoms with Crippen molar-refractivity contribution in [3.05, 3.63) is 24.2 Å². The highest BCUT2D eigenvalue weighted by Crippen LogP contribution is 2.28. The molecule has 0 radical (unpaired) electrons. The maximum atomic E-state index is 4.97. The van der Waals surface area contributed by atoms with Gasteiger partial charge in [-0.1, -0.05) is 0 Å². The van der Waals surface area contributed by atoms with Crippen molar-refractivity contribution in [1.29, 1.82) is 0 Å². The fraction of sp³-hybridized carbons (Fsp3) is 0.667. The second-order valence-corrected chi connectivity index (χ2v) is 7.28. The molecule has 4 heterocycles. The van der Waals surface area contributed by atoms with Crippen molar-refractivity contribution in [3.8, 4) is 0 Å². The summed E-state index contributed by atoms with van der Waals surface area (Å²) in [6, 6.07) is 5.24. The highest BCUT2D eigenvalue weighted by molar-refractivity contribution is 5.71. The lowest BCUT2D eigenvalue weighted by atomic mass is 10.1. The summed E-state index contributed by atoms with van der Waals surface area (Å²) in [7, 11) is 4.47. The summed E-state index contributed by atoms with van der Waals surface area (Å²) >= 11 is 0. The van der Waals surface area contributed by atoms with Gasteiger partial charge in [0.15, 0.2) is 5.65 Å². The molecule has 0 amide bonds. The Morgan fingerprint density at radius 3 is 2.83 bits per heavy atom. The molecule has 0 spiro atoms. The van der Waals surface area contributed by atoms with E-state index in [1.807, 2.05) is 12.3 Å². The summed E-state index contributed by atoms with van der Waals surface area (Å²) in [6.07, 6.45) is 8.05. The smallest absolute Gasteiger partial charge is 0.160 e. The van der Waals surface area contributed by atoms with Crippen LogP contribution in [0.4, 0.5) is 0 Å². The van der Waals surface area contributed by atoms with Crippen LogP contribution in [0.25, 0.3) is 11.2 Å². The summed E-state index contributed by atoms with van der Waals surface area (Å²) < 4.78 is 2.46. The zero-order valence-corrected chi connectivity index (χ0v) is 14.3. The molecule has 5 nitrogen and oxygen atoms in total. The normalized spacial score (nSPS) is 27.0. The first-order chi connectivity index (χ1) is 11.2. The van der Waals surface area contributed by atoms with Crippen LogP contribution in [0.3, 0.4) is 0 Å². The van der Waals surface area contributed by atoms with E-state index in [0.717, 1.165) is 24.1 Å². The molecule has 0 saturated carbocycles. The SMILES string of the molecule is CN1CCCC(n2c(CC3CCCN3C)nc3cccnc32)C1. The first-order valence-electron chi connectivity index (χ1n) is 8.93. The van der Waals surface area contributed by atoms with E-state index in [0.29, 0.717) is 12.1 Å². The van der Waals surface area contributed by atoms with Gasteiger partial charge in [-0.2, -0.15) is 0 Å². The second-order valence-electron chi connectivity index (χ2n) is 7.28. The van der Waals surface area contributed by atoms with Gasteiger partial charge in [0.2, 0.25) is 0 Å². The van der Waals surface area contributed by atoms with Gasteiger partial charge in [-0.15, -0.1) is 0 Å². The van der Waals surface area contributed by atoms with Crippen molar-refractivity contribution in [2.75, 3.05) is 33.7 Å². The number of hydrogen-bond donors (Lipinski definition) is 0. The fourth-order valence-corrected chi connectivity index (χ4v) is 4.30. The Morgan fingerprint density at radius 2 is 2.04 bits per heavy atom. The van der Waals surface area contributed by atoms with E-state index in [1.54, 1.807) is 0 Å². The van der Waals surface area contributed by atoms with Gasteiger partial charge >= 0.3 is 0 Å². The van der Waals surface area contributed by atoms with Crippen LogP contribution in [-0.2, 0) is 6.42 Å². The van der Waals surface area contributed by atoms with E-state index in [1.165, 1.54) is 44.6 Å². The third kappa shape index (κ3) is 2.88. The molecular formula is C18H27N5. The van der Waals surface area contributed by atoms with Gasteiger partial charge in [-0.25, -0.2) is 9.97 Å². The predicted molar refractivity (Wildman–Crippen MR) is 92.7 cm³/mol. The third-order valence-electron chi connectivity index (χ3n) is 5.58. The maximum absolute atomic E-state index is 4.97. The molecule has 2 unspecified atom stereocenters. The van der Waals surface area contributed by atoms with Crippen LogP contribution in [-0.4, -0.2) is 64.1 Å². The quantitative estimate of drug-likeness (QED) is 0.871. The molecule has 4 rings (SSSR count). The molecule has 2 atom stereocenters. The second kappa shape index (κ2) is 6.21. The minimum absolute atomic E-state index is 0.510. The average Bonchev–Trinajstić information content (AvgIpc) is 3.11. The van der Waals surface area contributed by atoms with Crippen molar-refractivity contribution >= 4 is 11.2 Å². The Kier molecular flexibility index (Phi) is 4.07. The van der Waals surface area contributed by atoms with Crippen LogP contribution in [0, 0.1) is 0 Å². The highest BCUT2D eigenvalue weighted by Gasteiger charge is 2.28. The van der Waals surface area contributed by atoms with E-state index < -0.39 is 0 Å². The number of pyridine rings is 1. The van der Waals surface area contributed by atoms with Crippen LogP contribution >= 0.6 is 0 Å². The molecule has 0 aliphatic carbocycles. The number of rotatable bonds is 3. The zero-order valence-electron chi connectivity index (χ0n) is 14.3. The highest BCUT2D eigenvalue weighted by atomic mass is 15.2. The predicted octanol–water partition coefficient (Wildman–Crippen LogP) is 2.33. The van der Waals surface area contributed by atoms with E-state index >= 15 is 0 Å². The summed E-state index contributed by atoms with van der Waals surface area (Å²) in [5, 5.41) is 0. The molecule has 2 aliphatic heterocycles. The lowest BCUT2D eigenvalue weighted by Crippen LogP contribution is -2.35. The Balaban J connectivity index is 1.72. The first kappa shape index (κ1) is 15.1. The maximum Gasteiger partial charge on any atom is 0.160 e. The van der Waals surface area contributed by atoms with E-state index in [2.05, 4.69) is 39.5 Å². The van der Waals surface area contributed by atoms with Crippen molar-refractivity contribution in [1.82, 2.24) is 24.3 Å². The molecule has 2 fully saturated rings. The molecule has 2 aromatic rings. The minimum Gasteiger partial charge on any atom is -0.308 e. The molecule has 2 saturated heterocycles. The Labute approximate surface area is 138 Å². The van der Waals surface area contributed by atoms with Crippen LogP contribution in [0.1, 0.15) is 37.5 Å². The van der Waals surface area contributed by atoms with Crippen LogP contribution < -0.4 is 0 Å². The number of piperidine rings is 1. The van der Waals surface area contributed by atoms with Crippen LogP contribution in [0.2, 0.25) is 0 Å². The Morgan fingerprint density at radius 1 is 1.17 bits per heavy atom. The summed E-state index contributed by atoms with van der Waals surface area (Å²) in [4.78, 5) is 14.6. The van der Waals surface area contributed by atoms with Crippen molar-refractivity contribution in [2.24, 2.45) is 0 Å². The number of imidazole rings is 1. The number of hydrogen-bond acceptors (Lipinski definition) is 4. The van der Waals surface area contributed by atoms with Crippen molar-refractivity contribution in [2.45, 2.75) is 44.2 Å². The molecular weight excluding hydrogens is 286 g/mol. The number of fused-ring (bicyclic) bond motifs is 1. The molecule has 2 aromatic heterocycles. The van der Waals surface area contributed by atoms with Gasteiger partial charge in [-0.05, 0) is 65.0 Å². The van der Waals surface area contributed by atoms with Gasteiger partial charge < -0.3 is 14.4 Å². The summed E-state index contributed by atoms with van der Waals surface area (Å²) in [6.45, 7) is 3.53. The Bertz CT molecular complexity index is 679. The standard InChI is InChI=1S/C18H27N5/c1-21-10-4-7-15(13-21)23-17(12-14-6-5-11-22(14)2)20-16-8-3-9-19-18(16)23/h3,8-9,14-15H,4-7,10-13H2,1-2H3. The van der Waals surface area contributed by atoms with Crippen LogP contribution in [0.15, 0.2) is 18.3 Å². The largest absolute Gasteiger partial charge is 0.308 e. The van der Waals surface area contributed by atoms with Crippen LogP contribution in [0.5, 0.6) is 0 Å². The lowest BCUT2D eigenvalue weighted by Gasteiger charge is -2.32. The zero-order chi connectivity index (χ0) is 15.8. The number of likely N-dealkylation sites (N-methyl/N-ethyl adjacent to an activating group) is 2. The average molecular weight is 313 g/mol. The number of likely N-dealkylation sites (tertiary alicyclic amines) is 2. The minimum atomic E-state index is 0.510. The topological polar surface area (TPSA) is 37.2 Å². The van der Waals surface area contributed by atoms with Gasteiger partial charge in [0.05, 0.1) is 0 Å². The van der Waals surface area contributed by atoms with Crippen molar-refractivity contribution in [3.63, 3.8) is 0 Å². The summed E-state index contributed by atoms with van der Waals surface area (Å²) in [5.41, 5.74) is 2.12. The van der Waals surface area contributed by atoms with Gasteiger partial charge in [0.1, 0.15) is 11.3 Å². The summed E-state index contributed by atoms with van der Waals surface area (Å²) in [5.74, 6) is 1.23. The van der Waals surface area contributed by atoms with Gasteiger partial charge in [-0.3, -0.25) is 0 Å². The molecule has 0 bridgehead atoms. The van der Waals surface area contributed by atoms with E-state index in [4.69, 9.17) is 4.98 Å². The number of aromatic nitrogens is 3. The van der Waals surface area contributed by atoms with Gasteiger partial charge in [0.25, 0.3) is 0 Å². The molecule has 0 aromatic carbocycles. The Hall–Kier alpha value is -1.46. The third-order valence-corrected chi connectivity index (χ3v) is 5.58. The molecule has 23 heavy (non-hydrogen) atoms. The molecule has 124 valence electrons. The molecule has 5 heteroatoms. The number of nitrogens with zero attached hydrogens (tertiary/aromatic N) is 5. The molecule has 0 N–H and O–H groups in total. The fourth-order valence-electron chi connectivity index (χ4n) is 4.30. The lowest BCUT2D eigenvalue weighted by molar-refractivity contribution is 0.209. The van der Waals surface area contributed by atoms with Crippen molar-refractivity contribution < 1.29 is 0 Å². The van der Waals surface area contributed by atoms with E-state index in [9.17, 15) is 0 Å². The monoisotopic (exact) mass is 313 g/mol. The van der Waals surface area contributed by atoms with Gasteiger partial charge in [0, 0.05) is 31.2 Å². The molecule has 2 aliphatic rings.